The molecular weight excluding hydrogens is 331 g/mol. The molecule has 0 saturated carbocycles. The fourth-order valence-corrected chi connectivity index (χ4v) is 2.65. The number of aliphatic imine (C=N–C) groups is 1. The summed E-state index contributed by atoms with van der Waals surface area (Å²) in [5.41, 5.74) is 2.73. The van der Waals surface area contributed by atoms with Crippen molar-refractivity contribution in [3.05, 3.63) is 53.7 Å². The molecule has 0 aliphatic carbocycles. The maximum Gasteiger partial charge on any atom is 0.416 e. The van der Waals surface area contributed by atoms with Gasteiger partial charge in [0.1, 0.15) is 5.52 Å². The number of allylic oxidation sites excluding steroid dienone is 1. The van der Waals surface area contributed by atoms with Crippen molar-refractivity contribution in [3.8, 4) is 11.5 Å². The Kier molecular flexibility index (Phi) is 3.63. The first-order chi connectivity index (χ1) is 12.0. The van der Waals surface area contributed by atoms with Crippen molar-refractivity contribution < 1.29 is 17.6 Å². The lowest BCUT2D eigenvalue weighted by molar-refractivity contribution is -0.137. The van der Waals surface area contributed by atoms with Crippen molar-refractivity contribution in [2.24, 2.45) is 4.99 Å². The van der Waals surface area contributed by atoms with Gasteiger partial charge in [0.15, 0.2) is 0 Å². The minimum Gasteiger partial charge on any atom is -0.418 e. The number of hydrogen-bond acceptors (Lipinski definition) is 4. The number of alkyl halides is 3. The van der Waals surface area contributed by atoms with Gasteiger partial charge >= 0.3 is 6.18 Å². The van der Waals surface area contributed by atoms with E-state index in [0.29, 0.717) is 16.8 Å². The molecule has 0 atom stereocenters. The van der Waals surface area contributed by atoms with Crippen molar-refractivity contribution in [3.63, 3.8) is 0 Å². The first-order valence-electron chi connectivity index (χ1n) is 7.64. The van der Waals surface area contributed by atoms with Gasteiger partial charge < -0.3 is 4.42 Å². The van der Waals surface area contributed by atoms with E-state index in [2.05, 4.69) is 15.0 Å². The fraction of sp³-hybridized carbons (Fsp3) is 0.167. The van der Waals surface area contributed by atoms with E-state index in [1.807, 2.05) is 12.1 Å². The zero-order valence-electron chi connectivity index (χ0n) is 12.9. The van der Waals surface area contributed by atoms with Gasteiger partial charge in [0.2, 0.25) is 11.6 Å². The van der Waals surface area contributed by atoms with Crippen molar-refractivity contribution in [1.29, 1.82) is 0 Å². The van der Waals surface area contributed by atoms with Crippen molar-refractivity contribution in [2.75, 3.05) is 6.54 Å². The molecule has 1 aliphatic heterocycles. The summed E-state index contributed by atoms with van der Waals surface area (Å²) in [5, 5.41) is 0. The van der Waals surface area contributed by atoms with Gasteiger partial charge in [-0.2, -0.15) is 13.2 Å². The zero-order chi connectivity index (χ0) is 17.4. The summed E-state index contributed by atoms with van der Waals surface area (Å²) in [6, 6.07) is 6.57. The topological polar surface area (TPSA) is 51.3 Å². The van der Waals surface area contributed by atoms with Crippen molar-refractivity contribution in [2.45, 2.75) is 12.6 Å². The first-order valence-corrected chi connectivity index (χ1v) is 7.64. The Morgan fingerprint density at radius 3 is 2.52 bits per heavy atom. The van der Waals surface area contributed by atoms with E-state index in [1.165, 1.54) is 12.1 Å². The summed E-state index contributed by atoms with van der Waals surface area (Å²) in [4.78, 5) is 12.8. The third kappa shape index (κ3) is 3.05. The average molecular weight is 343 g/mol. The molecule has 0 unspecified atom stereocenters. The highest BCUT2D eigenvalue weighted by molar-refractivity contribution is 5.88. The van der Waals surface area contributed by atoms with E-state index >= 15 is 0 Å². The summed E-state index contributed by atoms with van der Waals surface area (Å²) in [6.45, 7) is 0.736. The normalized spacial score (nSPS) is 14.8. The SMILES string of the molecule is FC(F)(F)c1ccc(-c2nc3cc(C4=CC=NCC4)cnc3o2)cc1. The van der Waals surface area contributed by atoms with E-state index in [1.54, 1.807) is 12.4 Å². The molecule has 0 fully saturated rings. The lowest BCUT2D eigenvalue weighted by Crippen LogP contribution is -2.03. The van der Waals surface area contributed by atoms with Crippen LogP contribution >= 0.6 is 0 Å². The molecule has 0 amide bonds. The molecule has 25 heavy (non-hydrogen) atoms. The molecule has 3 aromatic rings. The predicted molar refractivity (Wildman–Crippen MR) is 88.2 cm³/mol. The van der Waals surface area contributed by atoms with E-state index in [-0.39, 0.29) is 5.89 Å². The zero-order valence-corrected chi connectivity index (χ0v) is 12.9. The predicted octanol–water partition coefficient (Wildman–Crippen LogP) is 4.77. The van der Waals surface area contributed by atoms with Gasteiger partial charge in [0.05, 0.1) is 5.56 Å². The van der Waals surface area contributed by atoms with Crippen LogP contribution in [-0.4, -0.2) is 22.7 Å². The number of fused-ring (bicyclic) bond motifs is 1. The summed E-state index contributed by atoms with van der Waals surface area (Å²) in [6.07, 6.45) is 1.86. The largest absolute Gasteiger partial charge is 0.418 e. The van der Waals surface area contributed by atoms with Crippen LogP contribution in [0.15, 0.2) is 52.0 Å². The molecular formula is C18H12F3N3O. The van der Waals surface area contributed by atoms with E-state index < -0.39 is 11.7 Å². The Labute approximate surface area is 140 Å². The Hall–Kier alpha value is -2.96. The molecule has 4 nitrogen and oxygen atoms in total. The van der Waals surface area contributed by atoms with Gasteiger partial charge in [-0.15, -0.1) is 0 Å². The van der Waals surface area contributed by atoms with Crippen LogP contribution < -0.4 is 0 Å². The summed E-state index contributed by atoms with van der Waals surface area (Å²) in [5.74, 6) is 0.243. The number of nitrogens with zero attached hydrogens (tertiary/aromatic N) is 3. The summed E-state index contributed by atoms with van der Waals surface area (Å²) >= 11 is 0. The fourth-order valence-electron chi connectivity index (χ4n) is 2.65. The van der Waals surface area contributed by atoms with Gasteiger partial charge in [-0.05, 0) is 54.0 Å². The summed E-state index contributed by atoms with van der Waals surface area (Å²) in [7, 11) is 0. The molecule has 1 aliphatic rings. The minimum atomic E-state index is -4.37. The Balaban J connectivity index is 1.69. The molecule has 126 valence electrons. The maximum absolute atomic E-state index is 12.6. The lowest BCUT2D eigenvalue weighted by Gasteiger charge is -2.07. The van der Waals surface area contributed by atoms with Crippen molar-refractivity contribution in [1.82, 2.24) is 9.97 Å². The van der Waals surface area contributed by atoms with E-state index in [4.69, 9.17) is 4.42 Å². The minimum absolute atomic E-state index is 0.243. The monoisotopic (exact) mass is 343 g/mol. The molecule has 3 heterocycles. The van der Waals surface area contributed by atoms with Gasteiger partial charge in [-0.3, -0.25) is 4.99 Å². The molecule has 0 bridgehead atoms. The lowest BCUT2D eigenvalue weighted by atomic mass is 10.0. The van der Waals surface area contributed by atoms with Crippen LogP contribution in [0.25, 0.3) is 28.3 Å². The Bertz CT molecular complexity index is 985. The first kappa shape index (κ1) is 15.6. The second kappa shape index (κ2) is 5.84. The van der Waals surface area contributed by atoms with E-state index in [9.17, 15) is 13.2 Å². The quantitative estimate of drug-likeness (QED) is 0.674. The average Bonchev–Trinajstić information content (AvgIpc) is 3.05. The molecule has 2 aromatic heterocycles. The van der Waals surface area contributed by atoms with Crippen LogP contribution in [0.2, 0.25) is 0 Å². The number of rotatable bonds is 2. The smallest absolute Gasteiger partial charge is 0.416 e. The molecule has 0 radical (unpaired) electrons. The van der Waals surface area contributed by atoms with E-state index in [0.717, 1.165) is 36.2 Å². The number of oxazole rings is 1. The Morgan fingerprint density at radius 2 is 1.84 bits per heavy atom. The van der Waals surface area contributed by atoms with Crippen LogP contribution in [0.4, 0.5) is 13.2 Å². The summed E-state index contributed by atoms with van der Waals surface area (Å²) < 4.78 is 43.5. The number of halogens is 3. The van der Waals surface area contributed by atoms with Crippen LogP contribution in [0.3, 0.4) is 0 Å². The second-order valence-corrected chi connectivity index (χ2v) is 5.64. The standard InChI is InChI=1S/C18H12F3N3O/c19-18(20,21)14-3-1-12(2-4-14)16-24-15-9-13(10-23-17(15)25-16)11-5-7-22-8-6-11/h1-5,7,9-10H,6,8H2. The van der Waals surface area contributed by atoms with Crippen LogP contribution in [-0.2, 0) is 6.18 Å². The van der Waals surface area contributed by atoms with Crippen LogP contribution in [0, 0.1) is 0 Å². The number of aromatic nitrogens is 2. The molecule has 0 spiro atoms. The molecule has 0 saturated heterocycles. The Morgan fingerprint density at radius 1 is 1.04 bits per heavy atom. The maximum atomic E-state index is 12.6. The molecule has 1 aromatic carbocycles. The van der Waals surface area contributed by atoms with Gasteiger partial charge in [-0.1, -0.05) is 0 Å². The number of benzene rings is 1. The highest BCUT2D eigenvalue weighted by Gasteiger charge is 2.30. The number of hydrogen-bond donors (Lipinski definition) is 0. The van der Waals surface area contributed by atoms with Crippen molar-refractivity contribution >= 4 is 23.0 Å². The number of dihydropyridines is 1. The van der Waals surface area contributed by atoms with Gasteiger partial charge in [-0.25, -0.2) is 9.97 Å². The highest BCUT2D eigenvalue weighted by Crippen LogP contribution is 2.32. The highest BCUT2D eigenvalue weighted by atomic mass is 19.4. The van der Waals surface area contributed by atoms with Gasteiger partial charge in [0, 0.05) is 24.5 Å². The number of pyridine rings is 1. The third-order valence-corrected chi connectivity index (χ3v) is 3.97. The molecule has 7 heteroatoms. The molecule has 0 N–H and O–H groups in total. The van der Waals surface area contributed by atoms with Crippen LogP contribution in [0.5, 0.6) is 0 Å². The second-order valence-electron chi connectivity index (χ2n) is 5.64. The van der Waals surface area contributed by atoms with Crippen LogP contribution in [0.1, 0.15) is 17.5 Å². The third-order valence-electron chi connectivity index (χ3n) is 3.97. The van der Waals surface area contributed by atoms with Gasteiger partial charge in [0.25, 0.3) is 0 Å². The molecule has 4 rings (SSSR count).